The number of fused-ring (bicyclic) bond motifs is 2. The molecule has 0 unspecified atom stereocenters. The molecule has 3 aromatic rings. The van der Waals surface area contributed by atoms with Crippen LogP contribution in [-0.4, -0.2) is 10.0 Å². The minimum absolute atomic E-state index is 0.0252. The van der Waals surface area contributed by atoms with E-state index >= 15 is 0 Å². The fraction of sp³-hybridized carbons (Fsp3) is 0. The molecule has 0 aliphatic rings. The third-order valence-electron chi connectivity index (χ3n) is 3.03. The minimum Gasteiger partial charge on any atom is -0.507 e. The zero-order valence-electron chi connectivity index (χ0n) is 9.33. The van der Waals surface area contributed by atoms with Crippen molar-refractivity contribution in [1.29, 1.82) is 0 Å². The van der Waals surface area contributed by atoms with E-state index in [-0.39, 0.29) is 11.4 Å². The predicted molar refractivity (Wildman–Crippen MR) is 69.8 cm³/mol. The molecule has 0 radical (unpaired) electrons. The Bertz CT molecular complexity index is 780. The summed E-state index contributed by atoms with van der Waals surface area (Å²) >= 11 is 0. The van der Waals surface area contributed by atoms with Crippen LogP contribution in [0.15, 0.2) is 48.5 Å². The van der Waals surface area contributed by atoms with Gasteiger partial charge in [-0.25, -0.2) is 0 Å². The van der Waals surface area contributed by atoms with Crippen molar-refractivity contribution < 1.29 is 10.0 Å². The van der Waals surface area contributed by atoms with Gasteiger partial charge in [0.15, 0.2) is 0 Å². The van der Waals surface area contributed by atoms with Crippen LogP contribution in [0.1, 0.15) is 0 Å². The first-order valence-corrected chi connectivity index (χ1v) is 5.46. The number of nitro benzene ring substituents is 1. The number of rotatable bonds is 1. The Morgan fingerprint density at radius 2 is 1.67 bits per heavy atom. The van der Waals surface area contributed by atoms with E-state index < -0.39 is 4.92 Å². The van der Waals surface area contributed by atoms with E-state index in [0.717, 1.165) is 10.8 Å². The van der Waals surface area contributed by atoms with Crippen LogP contribution in [0.3, 0.4) is 0 Å². The highest BCUT2D eigenvalue weighted by molar-refractivity contribution is 6.05. The molecule has 0 saturated heterocycles. The van der Waals surface area contributed by atoms with Gasteiger partial charge in [0.2, 0.25) is 0 Å². The standard InChI is InChI=1S/C14H9NO3/c16-14-12-4-2-1-3-9(12)7-10-8-11(15(17)18)5-6-13(10)14/h1-8,16H. The highest BCUT2D eigenvalue weighted by atomic mass is 16.6. The van der Waals surface area contributed by atoms with E-state index in [9.17, 15) is 15.2 Å². The van der Waals surface area contributed by atoms with Gasteiger partial charge >= 0.3 is 0 Å². The molecule has 1 N–H and O–H groups in total. The van der Waals surface area contributed by atoms with Crippen molar-refractivity contribution in [3.05, 3.63) is 58.6 Å². The molecular weight excluding hydrogens is 230 g/mol. The molecule has 0 saturated carbocycles. The monoisotopic (exact) mass is 239 g/mol. The van der Waals surface area contributed by atoms with Gasteiger partial charge < -0.3 is 5.11 Å². The SMILES string of the molecule is O=[N+]([O-])c1ccc2c(O)c3ccccc3cc2c1. The average molecular weight is 239 g/mol. The molecule has 3 rings (SSSR count). The second-order valence-corrected chi connectivity index (χ2v) is 4.11. The van der Waals surface area contributed by atoms with Crippen molar-refractivity contribution >= 4 is 27.2 Å². The molecule has 0 aliphatic carbocycles. The quantitative estimate of drug-likeness (QED) is 0.401. The van der Waals surface area contributed by atoms with E-state index in [1.165, 1.54) is 12.1 Å². The zero-order chi connectivity index (χ0) is 12.7. The summed E-state index contributed by atoms with van der Waals surface area (Å²) in [6.45, 7) is 0. The number of benzene rings is 3. The van der Waals surface area contributed by atoms with Crippen molar-refractivity contribution in [2.45, 2.75) is 0 Å². The van der Waals surface area contributed by atoms with Crippen LogP contribution in [0.4, 0.5) is 5.69 Å². The number of aromatic hydroxyl groups is 1. The number of non-ortho nitro benzene ring substituents is 1. The number of phenols is 1. The number of hydrogen-bond donors (Lipinski definition) is 1. The molecule has 0 atom stereocenters. The lowest BCUT2D eigenvalue weighted by molar-refractivity contribution is -0.384. The summed E-state index contributed by atoms with van der Waals surface area (Å²) in [4.78, 5) is 10.3. The van der Waals surface area contributed by atoms with Crippen molar-refractivity contribution in [3.63, 3.8) is 0 Å². The second kappa shape index (κ2) is 3.70. The summed E-state index contributed by atoms with van der Waals surface area (Å²) in [7, 11) is 0. The minimum atomic E-state index is -0.439. The van der Waals surface area contributed by atoms with Crippen LogP contribution in [0.5, 0.6) is 5.75 Å². The van der Waals surface area contributed by atoms with Crippen LogP contribution in [0.25, 0.3) is 21.5 Å². The lowest BCUT2D eigenvalue weighted by Crippen LogP contribution is -1.87. The highest BCUT2D eigenvalue weighted by Gasteiger charge is 2.10. The summed E-state index contributed by atoms with van der Waals surface area (Å²) in [5.41, 5.74) is 0.0252. The maximum Gasteiger partial charge on any atom is 0.270 e. The first-order valence-electron chi connectivity index (χ1n) is 5.46. The van der Waals surface area contributed by atoms with Gasteiger partial charge in [0.25, 0.3) is 5.69 Å². The fourth-order valence-electron chi connectivity index (χ4n) is 2.15. The van der Waals surface area contributed by atoms with Crippen LogP contribution in [-0.2, 0) is 0 Å². The Labute approximate surface area is 102 Å². The van der Waals surface area contributed by atoms with Crippen LogP contribution >= 0.6 is 0 Å². The fourth-order valence-corrected chi connectivity index (χ4v) is 2.15. The summed E-state index contributed by atoms with van der Waals surface area (Å²) in [6, 6.07) is 13.7. The smallest absolute Gasteiger partial charge is 0.270 e. The molecule has 0 aromatic heterocycles. The van der Waals surface area contributed by atoms with Gasteiger partial charge in [0, 0.05) is 22.9 Å². The van der Waals surface area contributed by atoms with Gasteiger partial charge in [-0.1, -0.05) is 24.3 Å². The molecule has 18 heavy (non-hydrogen) atoms. The normalized spacial score (nSPS) is 10.9. The summed E-state index contributed by atoms with van der Waals surface area (Å²) in [6.07, 6.45) is 0. The molecule has 4 heteroatoms. The van der Waals surface area contributed by atoms with Crippen LogP contribution in [0, 0.1) is 10.1 Å². The first kappa shape index (κ1) is 10.5. The molecule has 3 aromatic carbocycles. The van der Waals surface area contributed by atoms with Gasteiger partial charge in [-0.3, -0.25) is 10.1 Å². The van der Waals surface area contributed by atoms with Crippen molar-refractivity contribution in [1.82, 2.24) is 0 Å². The van der Waals surface area contributed by atoms with Crippen LogP contribution in [0.2, 0.25) is 0 Å². The van der Waals surface area contributed by atoms with E-state index in [1.807, 2.05) is 30.3 Å². The Morgan fingerprint density at radius 1 is 0.944 bits per heavy atom. The molecule has 0 heterocycles. The Morgan fingerprint density at radius 3 is 2.44 bits per heavy atom. The topological polar surface area (TPSA) is 63.4 Å². The number of phenolic OH excluding ortho intramolecular Hbond substituents is 1. The van der Waals surface area contributed by atoms with Gasteiger partial charge in [-0.15, -0.1) is 0 Å². The van der Waals surface area contributed by atoms with Crippen molar-refractivity contribution in [2.24, 2.45) is 0 Å². The molecule has 0 spiro atoms. The third kappa shape index (κ3) is 1.47. The first-order chi connectivity index (χ1) is 8.66. The van der Waals surface area contributed by atoms with Crippen LogP contribution < -0.4 is 0 Å². The van der Waals surface area contributed by atoms with Gasteiger partial charge in [0.1, 0.15) is 5.75 Å². The number of hydrogen-bond acceptors (Lipinski definition) is 3. The highest BCUT2D eigenvalue weighted by Crippen LogP contribution is 2.35. The van der Waals surface area contributed by atoms with E-state index in [4.69, 9.17) is 0 Å². The molecule has 0 bridgehead atoms. The lowest BCUT2D eigenvalue weighted by Gasteiger charge is -2.05. The third-order valence-corrected chi connectivity index (χ3v) is 3.03. The Balaban J connectivity index is 2.44. The number of nitro groups is 1. The van der Waals surface area contributed by atoms with Gasteiger partial charge in [-0.2, -0.15) is 0 Å². The van der Waals surface area contributed by atoms with E-state index in [1.54, 1.807) is 6.07 Å². The van der Waals surface area contributed by atoms with E-state index in [2.05, 4.69) is 0 Å². The molecule has 0 aliphatic heterocycles. The number of nitrogens with zero attached hydrogens (tertiary/aromatic N) is 1. The molecule has 4 nitrogen and oxygen atoms in total. The summed E-state index contributed by atoms with van der Waals surface area (Å²) < 4.78 is 0. The molecular formula is C14H9NO3. The lowest BCUT2D eigenvalue weighted by atomic mass is 10.0. The Kier molecular flexibility index (Phi) is 2.16. The summed E-state index contributed by atoms with van der Waals surface area (Å²) in [5, 5.41) is 23.8. The average Bonchev–Trinajstić information content (AvgIpc) is 2.38. The van der Waals surface area contributed by atoms with Gasteiger partial charge in [-0.05, 0) is 22.9 Å². The molecule has 88 valence electrons. The zero-order valence-corrected chi connectivity index (χ0v) is 9.33. The molecule has 0 fully saturated rings. The summed E-state index contributed by atoms with van der Waals surface area (Å²) in [5.74, 6) is 0.165. The maximum atomic E-state index is 10.7. The second-order valence-electron chi connectivity index (χ2n) is 4.11. The largest absolute Gasteiger partial charge is 0.507 e. The van der Waals surface area contributed by atoms with Crippen molar-refractivity contribution in [3.8, 4) is 5.75 Å². The molecule has 0 amide bonds. The maximum absolute atomic E-state index is 10.7. The van der Waals surface area contributed by atoms with Gasteiger partial charge in [0.05, 0.1) is 4.92 Å². The predicted octanol–water partition coefficient (Wildman–Crippen LogP) is 3.61. The Hall–Kier alpha value is -2.62. The van der Waals surface area contributed by atoms with E-state index in [0.29, 0.717) is 10.8 Å². The van der Waals surface area contributed by atoms with Crippen molar-refractivity contribution in [2.75, 3.05) is 0 Å².